The van der Waals surface area contributed by atoms with Crippen LogP contribution in [0.4, 0.5) is 35.5 Å². The van der Waals surface area contributed by atoms with Gasteiger partial charge in [0.15, 0.2) is 11.5 Å². The predicted molar refractivity (Wildman–Crippen MR) is 142 cm³/mol. The van der Waals surface area contributed by atoms with Crippen LogP contribution in [0.1, 0.15) is 42.4 Å². The van der Waals surface area contributed by atoms with Crippen molar-refractivity contribution >= 4 is 6.03 Å². The molecule has 0 radical (unpaired) electrons. The Morgan fingerprint density at radius 2 is 1.63 bits per heavy atom. The number of amides is 2. The lowest BCUT2D eigenvalue weighted by Crippen LogP contribution is -2.53. The molecular weight excluding hydrogens is 585 g/mol. The SMILES string of the molecule is COc1cc([C@](Cc2ccccc2)(NC(=O)NC2CCCC2)c2cc(F)cc(OC(F)(F)C(F)F)c2)ccc1OC(F)F. The minimum Gasteiger partial charge on any atom is -0.493 e. The smallest absolute Gasteiger partial charge is 0.461 e. The molecule has 0 bridgehead atoms. The van der Waals surface area contributed by atoms with Crippen molar-refractivity contribution in [3.05, 3.63) is 89.2 Å². The number of ether oxygens (including phenoxy) is 3. The summed E-state index contributed by atoms with van der Waals surface area (Å²) in [6, 6.07) is 13.7. The minimum atomic E-state index is -4.95. The Hall–Kier alpha value is -4.16. The lowest BCUT2D eigenvalue weighted by atomic mass is 9.77. The van der Waals surface area contributed by atoms with Crippen molar-refractivity contribution in [1.29, 1.82) is 0 Å². The van der Waals surface area contributed by atoms with Crippen LogP contribution in [-0.2, 0) is 12.0 Å². The standard InChI is InChI=1S/C30H29F7N2O4/c1-41-25-15-19(11-12-24(25)42-27(34)35)29(17-18-7-3-2-4-8-18,39-28(40)38-22-9-5-6-10-22)20-13-21(31)16-23(14-20)43-30(36,37)26(32)33/h2-4,7-8,11-16,22,26-27H,5-6,9-10,17H2,1H3,(H2,38,39,40)/t29-/m0/s1. The molecule has 1 aliphatic rings. The number of halogens is 7. The number of carbonyl (C=O) groups excluding carboxylic acids is 1. The summed E-state index contributed by atoms with van der Waals surface area (Å²) in [6.45, 7) is -3.19. The Balaban J connectivity index is 1.93. The summed E-state index contributed by atoms with van der Waals surface area (Å²) in [5, 5.41) is 5.70. The number of hydrogen-bond donors (Lipinski definition) is 2. The van der Waals surface area contributed by atoms with Gasteiger partial charge in [-0.05, 0) is 53.8 Å². The molecule has 6 nitrogen and oxygen atoms in total. The van der Waals surface area contributed by atoms with E-state index in [1.54, 1.807) is 30.3 Å². The van der Waals surface area contributed by atoms with Gasteiger partial charge in [-0.15, -0.1) is 0 Å². The highest BCUT2D eigenvalue weighted by atomic mass is 19.3. The average molecular weight is 615 g/mol. The molecule has 1 atom stereocenters. The summed E-state index contributed by atoms with van der Waals surface area (Å²) in [7, 11) is 1.19. The molecule has 2 N–H and O–H groups in total. The fourth-order valence-corrected chi connectivity index (χ4v) is 5.14. The highest BCUT2D eigenvalue weighted by Crippen LogP contribution is 2.41. The molecule has 0 aliphatic heterocycles. The third-order valence-electron chi connectivity index (χ3n) is 7.07. The zero-order valence-electron chi connectivity index (χ0n) is 22.9. The van der Waals surface area contributed by atoms with Gasteiger partial charge >= 0.3 is 25.2 Å². The Morgan fingerprint density at radius 1 is 0.930 bits per heavy atom. The monoisotopic (exact) mass is 614 g/mol. The molecule has 1 aliphatic carbocycles. The number of carbonyl (C=O) groups is 1. The minimum absolute atomic E-state index is 0.127. The lowest BCUT2D eigenvalue weighted by Gasteiger charge is -2.37. The van der Waals surface area contributed by atoms with Crippen LogP contribution in [0.15, 0.2) is 66.7 Å². The average Bonchev–Trinajstić information content (AvgIpc) is 3.45. The first-order valence-corrected chi connectivity index (χ1v) is 13.3. The molecule has 2 amide bonds. The van der Waals surface area contributed by atoms with E-state index in [4.69, 9.17) is 4.74 Å². The topological polar surface area (TPSA) is 68.8 Å². The van der Waals surface area contributed by atoms with Crippen molar-refractivity contribution in [2.24, 2.45) is 0 Å². The first kappa shape index (κ1) is 31.8. The number of hydrogen-bond acceptors (Lipinski definition) is 4. The van der Waals surface area contributed by atoms with Crippen LogP contribution in [0.25, 0.3) is 0 Å². The van der Waals surface area contributed by atoms with Crippen molar-refractivity contribution in [2.75, 3.05) is 7.11 Å². The Kier molecular flexibility index (Phi) is 9.92. The number of methoxy groups -OCH3 is 1. The maximum absolute atomic E-state index is 15.0. The van der Waals surface area contributed by atoms with Gasteiger partial charge in [0.05, 0.1) is 12.6 Å². The molecule has 3 aromatic rings. The molecule has 232 valence electrons. The summed E-state index contributed by atoms with van der Waals surface area (Å²) in [6.07, 6.45) is -6.07. The zero-order valence-corrected chi connectivity index (χ0v) is 22.9. The van der Waals surface area contributed by atoms with Crippen LogP contribution >= 0.6 is 0 Å². The van der Waals surface area contributed by atoms with E-state index in [0.29, 0.717) is 24.5 Å². The Morgan fingerprint density at radius 3 is 2.26 bits per heavy atom. The second kappa shape index (κ2) is 13.4. The van der Waals surface area contributed by atoms with E-state index < -0.39 is 42.3 Å². The van der Waals surface area contributed by atoms with Crippen LogP contribution in [0.2, 0.25) is 0 Å². The number of nitrogens with one attached hydrogen (secondary N) is 2. The van der Waals surface area contributed by atoms with E-state index in [1.165, 1.54) is 19.2 Å². The van der Waals surface area contributed by atoms with Crippen LogP contribution in [0, 0.1) is 5.82 Å². The van der Waals surface area contributed by atoms with Gasteiger partial charge in [-0.25, -0.2) is 9.18 Å². The molecule has 0 unspecified atom stereocenters. The molecule has 13 heteroatoms. The van der Waals surface area contributed by atoms with Gasteiger partial charge in [-0.2, -0.15) is 26.3 Å². The fraction of sp³-hybridized carbons (Fsp3) is 0.367. The molecule has 4 rings (SSSR count). The maximum atomic E-state index is 15.0. The second-order valence-electron chi connectivity index (χ2n) is 10.0. The van der Waals surface area contributed by atoms with E-state index in [2.05, 4.69) is 20.1 Å². The Bertz CT molecular complexity index is 1390. The van der Waals surface area contributed by atoms with Crippen LogP contribution < -0.4 is 24.8 Å². The van der Waals surface area contributed by atoms with Gasteiger partial charge in [0.1, 0.15) is 11.6 Å². The zero-order chi connectivity index (χ0) is 31.2. The molecule has 3 aromatic carbocycles. The number of benzene rings is 3. The molecule has 0 heterocycles. The second-order valence-corrected chi connectivity index (χ2v) is 10.0. The number of alkyl halides is 6. The number of rotatable bonds is 12. The van der Waals surface area contributed by atoms with E-state index in [0.717, 1.165) is 31.0 Å². The Labute approximate surface area is 243 Å². The van der Waals surface area contributed by atoms with Crippen molar-refractivity contribution in [3.8, 4) is 17.2 Å². The largest absolute Gasteiger partial charge is 0.493 e. The highest BCUT2D eigenvalue weighted by molar-refractivity contribution is 5.77. The van der Waals surface area contributed by atoms with Crippen molar-refractivity contribution < 1.29 is 49.7 Å². The maximum Gasteiger partial charge on any atom is 0.461 e. The van der Waals surface area contributed by atoms with E-state index in [9.17, 15) is 31.1 Å². The van der Waals surface area contributed by atoms with Gasteiger partial charge in [-0.3, -0.25) is 0 Å². The van der Waals surface area contributed by atoms with E-state index >= 15 is 4.39 Å². The molecule has 0 spiro atoms. The molecule has 1 fully saturated rings. The van der Waals surface area contributed by atoms with Crippen LogP contribution in [0.5, 0.6) is 17.2 Å². The van der Waals surface area contributed by atoms with Crippen molar-refractivity contribution in [2.45, 2.75) is 62.8 Å². The molecule has 0 saturated heterocycles. The van der Waals surface area contributed by atoms with Crippen molar-refractivity contribution in [3.63, 3.8) is 0 Å². The molecular formula is C30H29F7N2O4. The summed E-state index contributed by atoms with van der Waals surface area (Å²) < 4.78 is 109. The van der Waals surface area contributed by atoms with Crippen LogP contribution in [0.3, 0.4) is 0 Å². The lowest BCUT2D eigenvalue weighted by molar-refractivity contribution is -0.253. The normalized spacial score (nSPS) is 15.3. The van der Waals surface area contributed by atoms with E-state index in [1.807, 2.05) is 0 Å². The summed E-state index contributed by atoms with van der Waals surface area (Å²) >= 11 is 0. The summed E-state index contributed by atoms with van der Waals surface area (Å²) in [4.78, 5) is 13.5. The summed E-state index contributed by atoms with van der Waals surface area (Å²) in [5.41, 5.74) is -1.24. The van der Waals surface area contributed by atoms with Crippen LogP contribution in [-0.4, -0.2) is 38.3 Å². The first-order valence-electron chi connectivity index (χ1n) is 13.3. The highest BCUT2D eigenvalue weighted by Gasteiger charge is 2.45. The van der Waals surface area contributed by atoms with Gasteiger partial charge in [0.25, 0.3) is 0 Å². The summed E-state index contributed by atoms with van der Waals surface area (Å²) in [5.74, 6) is -2.58. The number of urea groups is 1. The first-order chi connectivity index (χ1) is 20.4. The van der Waals surface area contributed by atoms with Gasteiger partial charge in [-0.1, -0.05) is 49.2 Å². The third-order valence-corrected chi connectivity index (χ3v) is 7.07. The molecule has 43 heavy (non-hydrogen) atoms. The van der Waals surface area contributed by atoms with Gasteiger partial charge in [0.2, 0.25) is 0 Å². The predicted octanol–water partition coefficient (Wildman–Crippen LogP) is 7.40. The quantitative estimate of drug-likeness (QED) is 0.209. The van der Waals surface area contributed by atoms with E-state index in [-0.39, 0.29) is 35.1 Å². The molecule has 1 saturated carbocycles. The molecule has 0 aromatic heterocycles. The van der Waals surface area contributed by atoms with Gasteiger partial charge in [0, 0.05) is 18.5 Å². The van der Waals surface area contributed by atoms with Gasteiger partial charge < -0.3 is 24.8 Å². The fourth-order valence-electron chi connectivity index (χ4n) is 5.14. The van der Waals surface area contributed by atoms with Crippen molar-refractivity contribution in [1.82, 2.24) is 10.6 Å². The third kappa shape index (κ3) is 7.82.